The van der Waals surface area contributed by atoms with Gasteiger partial charge in [-0.1, -0.05) is 12.1 Å². The Kier molecular flexibility index (Phi) is 5.33. The fraction of sp³-hybridized carbons (Fsp3) is 0.250. The molecule has 0 radical (unpaired) electrons. The number of amides is 3. The van der Waals surface area contributed by atoms with Gasteiger partial charge in [0.05, 0.1) is 5.56 Å². The first-order valence-electron chi connectivity index (χ1n) is 5.80. The number of hydrogen-bond acceptors (Lipinski definition) is 4. The summed E-state index contributed by atoms with van der Waals surface area (Å²) in [5, 5.41) is 1.85. The summed E-state index contributed by atoms with van der Waals surface area (Å²) in [6, 6.07) is 2.48. The van der Waals surface area contributed by atoms with E-state index < -0.39 is 47.9 Å². The Labute approximate surface area is 122 Å². The number of nitrogens with one attached hydrogen (secondary N) is 1. The molecule has 120 valence electrons. The van der Waals surface area contributed by atoms with Crippen LogP contribution in [0.5, 0.6) is 5.75 Å². The van der Waals surface area contributed by atoms with Crippen LogP contribution in [-0.4, -0.2) is 30.4 Å². The third-order valence-corrected chi connectivity index (χ3v) is 2.43. The number of ether oxygens (including phenoxy) is 1. The summed E-state index contributed by atoms with van der Waals surface area (Å²) < 4.78 is 42.8. The quantitative estimate of drug-likeness (QED) is 0.614. The van der Waals surface area contributed by atoms with Gasteiger partial charge in [-0.3, -0.25) is 14.4 Å². The first-order chi connectivity index (χ1) is 10.1. The van der Waals surface area contributed by atoms with Crippen molar-refractivity contribution in [3.8, 4) is 5.75 Å². The first kappa shape index (κ1) is 17.3. The molecule has 0 aromatic heterocycles. The minimum atomic E-state index is -4.66. The number of carbonyl (C=O) groups excluding carboxylic acids is 3. The lowest BCUT2D eigenvalue weighted by molar-refractivity contribution is -0.139. The van der Waals surface area contributed by atoms with Gasteiger partial charge in [0.1, 0.15) is 5.75 Å². The van der Waals surface area contributed by atoms with E-state index in [1.165, 1.54) is 6.07 Å². The van der Waals surface area contributed by atoms with Crippen molar-refractivity contribution in [2.24, 2.45) is 11.5 Å². The van der Waals surface area contributed by atoms with Gasteiger partial charge < -0.3 is 21.5 Å². The van der Waals surface area contributed by atoms with Crippen LogP contribution in [0.2, 0.25) is 0 Å². The molecule has 10 heteroatoms. The number of hydrogen-bond donors (Lipinski definition) is 3. The highest BCUT2D eigenvalue weighted by molar-refractivity contribution is 6.05. The predicted octanol–water partition coefficient (Wildman–Crippen LogP) is -0.460. The monoisotopic (exact) mass is 319 g/mol. The summed E-state index contributed by atoms with van der Waals surface area (Å²) in [5.41, 5.74) is 8.60. The molecule has 0 aliphatic heterocycles. The highest BCUT2D eigenvalue weighted by Gasteiger charge is 2.34. The predicted molar refractivity (Wildman–Crippen MR) is 67.3 cm³/mol. The molecule has 0 saturated heterocycles. The number of halogens is 3. The molecular weight excluding hydrogens is 307 g/mol. The van der Waals surface area contributed by atoms with Crippen LogP contribution in [0.4, 0.5) is 13.2 Å². The minimum Gasteiger partial charge on any atom is -0.483 e. The van der Waals surface area contributed by atoms with Crippen LogP contribution in [0.25, 0.3) is 0 Å². The normalized spacial score (nSPS) is 11.1. The smallest absolute Gasteiger partial charge is 0.419 e. The van der Waals surface area contributed by atoms with E-state index in [-0.39, 0.29) is 0 Å². The molecule has 0 spiro atoms. The van der Waals surface area contributed by atoms with Crippen LogP contribution in [0.3, 0.4) is 0 Å². The van der Waals surface area contributed by atoms with Gasteiger partial charge in [0.2, 0.25) is 11.8 Å². The molecule has 0 unspecified atom stereocenters. The summed E-state index contributed by atoms with van der Waals surface area (Å²) in [5.74, 6) is -3.99. The second-order valence-electron chi connectivity index (χ2n) is 4.09. The van der Waals surface area contributed by atoms with E-state index >= 15 is 0 Å². The van der Waals surface area contributed by atoms with Crippen molar-refractivity contribution in [2.45, 2.75) is 12.2 Å². The third-order valence-electron chi connectivity index (χ3n) is 2.43. The molecule has 5 N–H and O–H groups in total. The average Bonchev–Trinajstić information content (AvgIpc) is 2.41. The molecule has 1 rings (SSSR count). The second-order valence-corrected chi connectivity index (χ2v) is 4.09. The third kappa shape index (κ3) is 4.65. The zero-order valence-electron chi connectivity index (χ0n) is 11.0. The molecular formula is C12H12F3N3O4. The summed E-state index contributed by atoms with van der Waals surface area (Å²) >= 11 is 0. The summed E-state index contributed by atoms with van der Waals surface area (Å²) in [4.78, 5) is 33.2. The maximum Gasteiger partial charge on any atom is 0.419 e. The highest BCUT2D eigenvalue weighted by atomic mass is 19.4. The van der Waals surface area contributed by atoms with Crippen molar-refractivity contribution >= 4 is 17.7 Å². The van der Waals surface area contributed by atoms with E-state index in [2.05, 4.69) is 0 Å². The number of nitrogens with two attached hydrogens (primary N) is 2. The fourth-order valence-electron chi connectivity index (χ4n) is 1.46. The van der Waals surface area contributed by atoms with E-state index in [0.29, 0.717) is 0 Å². The van der Waals surface area contributed by atoms with Gasteiger partial charge in [0, 0.05) is 0 Å². The average molecular weight is 319 g/mol. The van der Waals surface area contributed by atoms with Crippen LogP contribution in [0.15, 0.2) is 24.3 Å². The van der Waals surface area contributed by atoms with Crippen molar-refractivity contribution in [3.63, 3.8) is 0 Å². The lowest BCUT2D eigenvalue weighted by atomic mass is 10.2. The van der Waals surface area contributed by atoms with Crippen molar-refractivity contribution in [1.29, 1.82) is 0 Å². The SMILES string of the molecule is NC(=O)C(NC(=O)COc1ccccc1C(F)(F)F)C(N)=O. The Bertz CT molecular complexity index is 575. The van der Waals surface area contributed by atoms with Crippen molar-refractivity contribution in [1.82, 2.24) is 5.32 Å². The molecule has 1 aromatic carbocycles. The molecule has 0 heterocycles. The molecule has 7 nitrogen and oxygen atoms in total. The van der Waals surface area contributed by atoms with E-state index in [1.54, 1.807) is 0 Å². The van der Waals surface area contributed by atoms with Gasteiger partial charge in [-0.25, -0.2) is 0 Å². The minimum absolute atomic E-state index is 0.570. The van der Waals surface area contributed by atoms with E-state index in [1.807, 2.05) is 5.32 Å². The Morgan fingerprint density at radius 1 is 1.14 bits per heavy atom. The number of alkyl halides is 3. The number of carbonyl (C=O) groups is 3. The molecule has 1 aromatic rings. The van der Waals surface area contributed by atoms with Gasteiger partial charge in [-0.05, 0) is 12.1 Å². The van der Waals surface area contributed by atoms with Gasteiger partial charge in [-0.2, -0.15) is 13.2 Å². The van der Waals surface area contributed by atoms with Gasteiger partial charge in [-0.15, -0.1) is 0 Å². The highest BCUT2D eigenvalue weighted by Crippen LogP contribution is 2.35. The Balaban J connectivity index is 2.73. The topological polar surface area (TPSA) is 125 Å². The first-order valence-corrected chi connectivity index (χ1v) is 5.80. The summed E-state index contributed by atoms with van der Waals surface area (Å²) in [6.45, 7) is -0.857. The molecule has 3 amide bonds. The van der Waals surface area contributed by atoms with Gasteiger partial charge in [0.15, 0.2) is 12.6 Å². The zero-order valence-corrected chi connectivity index (χ0v) is 11.0. The molecule has 0 saturated carbocycles. The Morgan fingerprint density at radius 3 is 2.18 bits per heavy atom. The molecule has 0 bridgehead atoms. The molecule has 0 aliphatic rings. The maximum atomic E-state index is 12.7. The maximum absolute atomic E-state index is 12.7. The molecule has 22 heavy (non-hydrogen) atoms. The standard InChI is InChI=1S/C12H12F3N3O4/c13-12(14,15)6-3-1-2-4-7(6)22-5-8(19)18-9(10(16)20)11(17)21/h1-4,9H,5H2,(H2,16,20)(H2,17,21)(H,18,19). The van der Waals surface area contributed by atoms with Crippen LogP contribution in [0, 0.1) is 0 Å². The van der Waals surface area contributed by atoms with Crippen LogP contribution in [-0.2, 0) is 20.6 Å². The summed E-state index contributed by atoms with van der Waals surface area (Å²) in [6.07, 6.45) is -4.66. The number of para-hydroxylation sites is 1. The molecule has 0 aliphatic carbocycles. The van der Waals surface area contributed by atoms with Gasteiger partial charge >= 0.3 is 6.18 Å². The van der Waals surface area contributed by atoms with E-state index in [0.717, 1.165) is 18.2 Å². The lowest BCUT2D eigenvalue weighted by Crippen LogP contribution is -2.53. The molecule has 0 atom stereocenters. The zero-order chi connectivity index (χ0) is 16.9. The van der Waals surface area contributed by atoms with Gasteiger partial charge in [0.25, 0.3) is 5.91 Å². The van der Waals surface area contributed by atoms with Crippen molar-refractivity contribution in [2.75, 3.05) is 6.61 Å². The van der Waals surface area contributed by atoms with Crippen LogP contribution >= 0.6 is 0 Å². The van der Waals surface area contributed by atoms with E-state index in [4.69, 9.17) is 16.2 Å². The number of primary amides is 2. The van der Waals surface area contributed by atoms with Crippen LogP contribution in [0.1, 0.15) is 5.56 Å². The lowest BCUT2D eigenvalue weighted by Gasteiger charge is -2.15. The van der Waals surface area contributed by atoms with E-state index in [9.17, 15) is 27.6 Å². The van der Waals surface area contributed by atoms with Crippen molar-refractivity contribution in [3.05, 3.63) is 29.8 Å². The fourth-order valence-corrected chi connectivity index (χ4v) is 1.46. The van der Waals surface area contributed by atoms with Crippen LogP contribution < -0.4 is 21.5 Å². The number of benzene rings is 1. The Hall–Kier alpha value is -2.78. The second kappa shape index (κ2) is 6.78. The Morgan fingerprint density at radius 2 is 1.68 bits per heavy atom. The largest absolute Gasteiger partial charge is 0.483 e. The summed E-state index contributed by atoms with van der Waals surface area (Å²) in [7, 11) is 0. The number of rotatable bonds is 6. The van der Waals surface area contributed by atoms with Crippen molar-refractivity contribution < 1.29 is 32.3 Å². The molecule has 0 fully saturated rings.